The van der Waals surface area contributed by atoms with Crippen molar-refractivity contribution < 1.29 is 18.4 Å². The maximum atomic E-state index is 14.4. The number of hydrogen-bond acceptors (Lipinski definition) is 7. The molecule has 0 amide bonds. The predicted octanol–water partition coefficient (Wildman–Crippen LogP) is 3.07. The van der Waals surface area contributed by atoms with Crippen molar-refractivity contribution in [2.45, 2.75) is 13.0 Å². The van der Waals surface area contributed by atoms with Gasteiger partial charge in [0.25, 0.3) is 11.4 Å². The highest BCUT2D eigenvalue weighted by atomic mass is 19.1. The topological polar surface area (TPSA) is 122 Å². The Hall–Kier alpha value is -4.43. The number of nitrogens with zero attached hydrogens (tertiary/aromatic N) is 6. The molecule has 0 saturated carbocycles. The second-order valence-electron chi connectivity index (χ2n) is 7.35. The van der Waals surface area contributed by atoms with E-state index >= 15 is 0 Å². The number of hydrogen-bond donors (Lipinski definition) is 1. The number of halogens is 2. The fraction of sp³-hybridized carbons (Fsp3) is 0.136. The molecule has 3 heterocycles. The van der Waals surface area contributed by atoms with Crippen LogP contribution in [-0.2, 0) is 0 Å². The highest BCUT2D eigenvalue weighted by Gasteiger charge is 2.25. The second kappa shape index (κ2) is 7.61. The number of rotatable bonds is 4. The summed E-state index contributed by atoms with van der Waals surface area (Å²) in [5.74, 6) is -1.09. The first-order valence-electron chi connectivity index (χ1n) is 9.79. The smallest absolute Gasteiger partial charge is 0.278 e. The van der Waals surface area contributed by atoms with Crippen LogP contribution in [0.1, 0.15) is 18.5 Å². The fourth-order valence-electron chi connectivity index (χ4n) is 3.75. The zero-order chi connectivity index (χ0) is 23.3. The molecule has 1 N–H and O–H groups in total. The summed E-state index contributed by atoms with van der Waals surface area (Å²) < 4.78 is 35.4. The van der Waals surface area contributed by atoms with Gasteiger partial charge < -0.3 is 9.63 Å². The Kier molecular flexibility index (Phi) is 4.72. The summed E-state index contributed by atoms with van der Waals surface area (Å²) in [4.78, 5) is 22.1. The number of aliphatic hydroxyl groups excluding tert-OH is 1. The van der Waals surface area contributed by atoms with E-state index in [-0.39, 0.29) is 34.0 Å². The van der Waals surface area contributed by atoms with Gasteiger partial charge in [-0.2, -0.15) is 10.2 Å². The summed E-state index contributed by atoms with van der Waals surface area (Å²) in [6.07, 6.45) is 1.34. The number of aromatic nitrogens is 5. The maximum absolute atomic E-state index is 14.4. The van der Waals surface area contributed by atoms with Gasteiger partial charge in [-0.05, 0) is 43.3 Å². The number of nitriles is 1. The summed E-state index contributed by atoms with van der Waals surface area (Å²) in [7, 11) is 0. The molecular weight excluding hydrogens is 434 g/mol. The molecule has 3 aromatic heterocycles. The third-order valence-corrected chi connectivity index (χ3v) is 5.34. The van der Waals surface area contributed by atoms with Gasteiger partial charge >= 0.3 is 0 Å². The van der Waals surface area contributed by atoms with Gasteiger partial charge in [-0.25, -0.2) is 13.8 Å². The summed E-state index contributed by atoms with van der Waals surface area (Å²) in [5.41, 5.74) is 0.0755. The Morgan fingerprint density at radius 1 is 1.18 bits per heavy atom. The molecule has 164 valence electrons. The molecule has 0 radical (unpaired) electrons. The predicted molar refractivity (Wildman–Crippen MR) is 112 cm³/mol. The molecular formula is C22H14F2N6O3. The zero-order valence-corrected chi connectivity index (χ0v) is 17.0. The molecule has 5 aromatic rings. The van der Waals surface area contributed by atoms with Crippen LogP contribution in [0.4, 0.5) is 8.78 Å². The molecule has 9 nitrogen and oxygen atoms in total. The normalized spacial score (nSPS) is 12.3. The Morgan fingerprint density at radius 2 is 1.94 bits per heavy atom. The van der Waals surface area contributed by atoms with Crippen molar-refractivity contribution in [3.63, 3.8) is 0 Å². The molecule has 0 aliphatic rings. The average Bonchev–Trinajstić information content (AvgIpc) is 3.47. The fourth-order valence-corrected chi connectivity index (χ4v) is 3.75. The van der Waals surface area contributed by atoms with E-state index in [4.69, 9.17) is 4.52 Å². The molecule has 0 spiro atoms. The van der Waals surface area contributed by atoms with Gasteiger partial charge in [0.15, 0.2) is 0 Å². The summed E-state index contributed by atoms with van der Waals surface area (Å²) >= 11 is 0. The van der Waals surface area contributed by atoms with Gasteiger partial charge in [0.05, 0.1) is 23.7 Å². The summed E-state index contributed by atoms with van der Waals surface area (Å²) in [6, 6.07) is 9.02. The summed E-state index contributed by atoms with van der Waals surface area (Å²) in [6.45, 7) is 1.15. The highest BCUT2D eigenvalue weighted by Crippen LogP contribution is 2.28. The molecule has 5 rings (SSSR count). The first-order valence-corrected chi connectivity index (χ1v) is 9.79. The summed E-state index contributed by atoms with van der Waals surface area (Å²) in [5, 5.41) is 23.2. The number of fused-ring (bicyclic) bond motifs is 3. The second-order valence-corrected chi connectivity index (χ2v) is 7.35. The first-order chi connectivity index (χ1) is 15.9. The van der Waals surface area contributed by atoms with Crippen LogP contribution in [-0.4, -0.2) is 35.8 Å². The molecule has 0 fully saturated rings. The monoisotopic (exact) mass is 448 g/mol. The van der Waals surface area contributed by atoms with Gasteiger partial charge in [0, 0.05) is 5.56 Å². The lowest BCUT2D eigenvalue weighted by atomic mass is 10.1. The van der Waals surface area contributed by atoms with Crippen molar-refractivity contribution in [1.82, 2.24) is 24.1 Å². The highest BCUT2D eigenvalue weighted by molar-refractivity contribution is 5.87. The van der Waals surface area contributed by atoms with Crippen LogP contribution in [0, 0.1) is 23.0 Å². The number of benzene rings is 2. The molecule has 1 atom stereocenters. The minimum absolute atomic E-state index is 0.0131. The minimum Gasteiger partial charge on any atom is -0.394 e. The van der Waals surface area contributed by atoms with Crippen molar-refractivity contribution in [1.29, 1.82) is 5.26 Å². The van der Waals surface area contributed by atoms with Crippen molar-refractivity contribution >= 4 is 16.6 Å². The third-order valence-electron chi connectivity index (χ3n) is 5.34. The van der Waals surface area contributed by atoms with E-state index in [2.05, 4.69) is 15.1 Å². The number of aliphatic hydroxyl groups is 1. The quantitative estimate of drug-likeness (QED) is 0.448. The minimum atomic E-state index is -0.787. The Balaban J connectivity index is 1.81. The van der Waals surface area contributed by atoms with E-state index in [1.54, 1.807) is 13.0 Å². The van der Waals surface area contributed by atoms with Crippen LogP contribution in [0.5, 0.6) is 0 Å². The molecule has 33 heavy (non-hydrogen) atoms. The van der Waals surface area contributed by atoms with Gasteiger partial charge in [-0.15, -0.1) is 0 Å². The maximum Gasteiger partial charge on any atom is 0.278 e. The Bertz CT molecular complexity index is 1630. The van der Waals surface area contributed by atoms with Gasteiger partial charge in [0.1, 0.15) is 40.8 Å². The molecule has 0 aliphatic carbocycles. The van der Waals surface area contributed by atoms with Crippen LogP contribution in [0.25, 0.3) is 39.5 Å². The lowest BCUT2D eigenvalue weighted by molar-refractivity contribution is 0.239. The lowest BCUT2D eigenvalue weighted by Gasteiger charge is -2.18. The van der Waals surface area contributed by atoms with E-state index in [1.165, 1.54) is 45.6 Å². The van der Waals surface area contributed by atoms with E-state index in [9.17, 15) is 23.9 Å². The van der Waals surface area contributed by atoms with Crippen LogP contribution >= 0.6 is 0 Å². The molecule has 0 saturated heterocycles. The van der Waals surface area contributed by atoms with Crippen molar-refractivity contribution in [2.24, 2.45) is 0 Å². The van der Waals surface area contributed by atoms with Crippen LogP contribution < -0.4 is 5.56 Å². The third kappa shape index (κ3) is 3.07. The van der Waals surface area contributed by atoms with E-state index in [0.717, 1.165) is 6.07 Å². The SMILES string of the molecule is CC(CO)n1c(=O)c2c(-c3noc(-c4ccc(F)cc4)n3)ncn2c2ccc(F)c(C#N)c21. The standard InChI is InChI=1S/C22H14F2N6O3/c1-11(9-31)30-18-14(8-25)15(24)6-7-16(18)29-10-26-17(19(29)22(30)32)20-27-21(33-28-20)12-2-4-13(23)5-3-12/h2-7,10-11,31H,9H2,1H3. The average molecular weight is 448 g/mol. The Labute approximate surface area is 183 Å². The van der Waals surface area contributed by atoms with Gasteiger partial charge in [-0.3, -0.25) is 13.8 Å². The van der Waals surface area contributed by atoms with E-state index in [0.29, 0.717) is 11.1 Å². The van der Waals surface area contributed by atoms with Crippen LogP contribution in [0.3, 0.4) is 0 Å². The van der Waals surface area contributed by atoms with Crippen molar-refractivity contribution in [3.05, 3.63) is 70.3 Å². The van der Waals surface area contributed by atoms with Crippen molar-refractivity contribution in [3.8, 4) is 29.0 Å². The van der Waals surface area contributed by atoms with Crippen LogP contribution in [0.15, 0.2) is 52.0 Å². The first kappa shape index (κ1) is 20.5. The molecule has 0 bridgehead atoms. The number of imidazole rings is 1. The van der Waals surface area contributed by atoms with E-state index in [1.807, 2.05) is 0 Å². The Morgan fingerprint density at radius 3 is 2.64 bits per heavy atom. The molecule has 2 aromatic carbocycles. The van der Waals surface area contributed by atoms with Crippen molar-refractivity contribution in [2.75, 3.05) is 6.61 Å². The largest absolute Gasteiger partial charge is 0.394 e. The molecule has 0 aliphatic heterocycles. The molecule has 11 heteroatoms. The van der Waals surface area contributed by atoms with Gasteiger partial charge in [-0.1, -0.05) is 5.16 Å². The lowest BCUT2D eigenvalue weighted by Crippen LogP contribution is -2.28. The van der Waals surface area contributed by atoms with Crippen LogP contribution in [0.2, 0.25) is 0 Å². The zero-order valence-electron chi connectivity index (χ0n) is 17.0. The van der Waals surface area contributed by atoms with E-state index < -0.39 is 29.8 Å². The molecule has 1 unspecified atom stereocenters. The van der Waals surface area contributed by atoms with Gasteiger partial charge in [0.2, 0.25) is 5.82 Å².